The molecule has 0 heterocycles. The van der Waals surface area contributed by atoms with E-state index in [9.17, 15) is 0 Å². The molecule has 0 aliphatic heterocycles. The van der Waals surface area contributed by atoms with Crippen LogP contribution >= 0.6 is 0 Å². The van der Waals surface area contributed by atoms with Crippen LogP contribution in [0.4, 0.5) is 0 Å². The lowest BCUT2D eigenvalue weighted by molar-refractivity contribution is 0.313. The first-order valence-corrected chi connectivity index (χ1v) is 6.35. The number of ether oxygens (including phenoxy) is 2. The molecule has 2 aromatic carbocycles. The Balaban J connectivity index is 1.82. The van der Waals surface area contributed by atoms with Crippen LogP contribution in [-0.2, 0) is 0 Å². The Hall–Kier alpha value is -2.65. The molecule has 0 aromatic heterocycles. The van der Waals surface area contributed by atoms with Gasteiger partial charge in [-0.25, -0.2) is 0 Å². The quantitative estimate of drug-likeness (QED) is 0.320. The highest BCUT2D eigenvalue weighted by Gasteiger charge is 1.98. The third kappa shape index (κ3) is 4.55. The van der Waals surface area contributed by atoms with E-state index in [2.05, 4.69) is 10.0 Å². The summed E-state index contributed by atoms with van der Waals surface area (Å²) in [6, 6.07) is 17.0. The second-order valence-electron chi connectivity index (χ2n) is 4.04. The van der Waals surface area contributed by atoms with Crippen molar-refractivity contribution in [3.05, 3.63) is 65.0 Å². The van der Waals surface area contributed by atoms with Crippen molar-refractivity contribution in [1.29, 1.82) is 0 Å². The molecular formula is C15H15N3O2. The molecule has 0 fully saturated rings. The highest BCUT2D eigenvalue weighted by molar-refractivity contribution is 5.35. The molecule has 2 aromatic rings. The van der Waals surface area contributed by atoms with E-state index in [1.54, 1.807) is 0 Å². The van der Waals surface area contributed by atoms with Crippen LogP contribution in [0, 0.1) is 0 Å². The molecule has 0 atom stereocenters. The monoisotopic (exact) mass is 269 g/mol. The van der Waals surface area contributed by atoms with Gasteiger partial charge in [-0.1, -0.05) is 23.3 Å². The van der Waals surface area contributed by atoms with Crippen molar-refractivity contribution < 1.29 is 9.47 Å². The maximum absolute atomic E-state index is 8.14. The first-order valence-electron chi connectivity index (χ1n) is 6.35. The molecule has 2 rings (SSSR count). The van der Waals surface area contributed by atoms with E-state index in [4.69, 9.17) is 15.0 Å². The number of nitrogens with zero attached hydrogens (tertiary/aromatic N) is 3. The lowest BCUT2D eigenvalue weighted by Crippen LogP contribution is -1.98. The first-order chi connectivity index (χ1) is 9.88. The highest BCUT2D eigenvalue weighted by atomic mass is 16.5. The summed E-state index contributed by atoms with van der Waals surface area (Å²) in [4.78, 5) is 2.68. The van der Waals surface area contributed by atoms with Crippen molar-refractivity contribution in [2.24, 2.45) is 5.11 Å². The molecule has 5 nitrogen and oxygen atoms in total. The van der Waals surface area contributed by atoms with Crippen LogP contribution in [0.15, 0.2) is 59.7 Å². The molecule has 0 saturated carbocycles. The summed E-state index contributed by atoms with van der Waals surface area (Å²) in [6.07, 6.45) is 0.701. The van der Waals surface area contributed by atoms with Gasteiger partial charge in [0, 0.05) is 11.5 Å². The molecule has 0 N–H and O–H groups in total. The van der Waals surface area contributed by atoms with Crippen LogP contribution in [0.3, 0.4) is 0 Å². The van der Waals surface area contributed by atoms with E-state index in [1.165, 1.54) is 0 Å². The molecular weight excluding hydrogens is 254 g/mol. The van der Waals surface area contributed by atoms with Gasteiger partial charge < -0.3 is 9.47 Å². The van der Waals surface area contributed by atoms with Crippen molar-refractivity contribution >= 4 is 0 Å². The van der Waals surface area contributed by atoms with E-state index < -0.39 is 0 Å². The average Bonchev–Trinajstić information content (AvgIpc) is 2.50. The maximum atomic E-state index is 8.14. The van der Waals surface area contributed by atoms with Gasteiger partial charge in [0.1, 0.15) is 17.2 Å². The minimum Gasteiger partial charge on any atom is -0.494 e. The summed E-state index contributed by atoms with van der Waals surface area (Å²) >= 11 is 0. The normalized spacial score (nSPS) is 9.60. The molecule has 0 saturated heterocycles. The zero-order chi connectivity index (χ0) is 14.0. The summed E-state index contributed by atoms with van der Waals surface area (Å²) in [7, 11) is 0. The molecule has 0 bridgehead atoms. The Morgan fingerprint density at radius 1 is 0.900 bits per heavy atom. The fourth-order valence-electron chi connectivity index (χ4n) is 1.60. The fourth-order valence-corrected chi connectivity index (χ4v) is 1.60. The largest absolute Gasteiger partial charge is 0.494 e. The van der Waals surface area contributed by atoms with Crippen LogP contribution in [0.2, 0.25) is 0 Å². The standard InChI is InChI=1S/C15H15N3O2/c16-18-17-11-4-12-19-13-7-9-15(10-8-13)20-14-5-2-1-3-6-14/h1-3,5-10H,4,11-12H2. The van der Waals surface area contributed by atoms with Crippen LogP contribution < -0.4 is 9.47 Å². The molecule has 0 unspecified atom stereocenters. The summed E-state index contributed by atoms with van der Waals surface area (Å²) < 4.78 is 11.2. The van der Waals surface area contributed by atoms with Gasteiger partial charge in [0.05, 0.1) is 6.61 Å². The van der Waals surface area contributed by atoms with Crippen LogP contribution in [0.25, 0.3) is 10.4 Å². The number of rotatable bonds is 7. The van der Waals surface area contributed by atoms with Gasteiger partial charge in [-0.2, -0.15) is 0 Å². The smallest absolute Gasteiger partial charge is 0.127 e. The third-order valence-corrected chi connectivity index (χ3v) is 2.54. The number of hydrogen-bond donors (Lipinski definition) is 0. The Morgan fingerprint density at radius 2 is 1.55 bits per heavy atom. The van der Waals surface area contributed by atoms with Gasteiger partial charge in [-0.15, -0.1) is 0 Å². The van der Waals surface area contributed by atoms with Crippen molar-refractivity contribution in [3.8, 4) is 17.2 Å². The minimum atomic E-state index is 0.450. The molecule has 0 amide bonds. The molecule has 0 aliphatic rings. The number of para-hydroxylation sites is 1. The summed E-state index contributed by atoms with van der Waals surface area (Å²) in [5, 5.41) is 3.44. The minimum absolute atomic E-state index is 0.450. The SMILES string of the molecule is [N-]=[N+]=NCCCOc1ccc(Oc2ccccc2)cc1. The predicted octanol–water partition coefficient (Wildman–Crippen LogP) is 4.56. The predicted molar refractivity (Wildman–Crippen MR) is 77.1 cm³/mol. The Labute approximate surface area is 117 Å². The van der Waals surface area contributed by atoms with Crippen LogP contribution in [0.5, 0.6) is 17.2 Å². The molecule has 102 valence electrons. The van der Waals surface area contributed by atoms with Gasteiger partial charge >= 0.3 is 0 Å². The molecule has 0 radical (unpaired) electrons. The zero-order valence-corrected chi connectivity index (χ0v) is 11.0. The Bertz CT molecular complexity index is 563. The maximum Gasteiger partial charge on any atom is 0.127 e. The van der Waals surface area contributed by atoms with E-state index in [-0.39, 0.29) is 0 Å². The van der Waals surface area contributed by atoms with E-state index >= 15 is 0 Å². The van der Waals surface area contributed by atoms with Crippen LogP contribution in [0.1, 0.15) is 6.42 Å². The number of hydrogen-bond acceptors (Lipinski definition) is 3. The van der Waals surface area contributed by atoms with Gasteiger partial charge in [-0.3, -0.25) is 0 Å². The van der Waals surface area contributed by atoms with Crippen molar-refractivity contribution in [3.63, 3.8) is 0 Å². The first kappa shape index (κ1) is 13.8. The summed E-state index contributed by atoms with van der Waals surface area (Å²) in [6.45, 7) is 0.976. The number of benzene rings is 2. The van der Waals surface area contributed by atoms with Gasteiger partial charge in [0.2, 0.25) is 0 Å². The van der Waals surface area contributed by atoms with E-state index in [0.717, 1.165) is 17.2 Å². The molecule has 0 aliphatic carbocycles. The van der Waals surface area contributed by atoms with Crippen molar-refractivity contribution in [1.82, 2.24) is 0 Å². The van der Waals surface area contributed by atoms with Gasteiger partial charge in [-0.05, 0) is 48.4 Å². The zero-order valence-electron chi connectivity index (χ0n) is 11.0. The lowest BCUT2D eigenvalue weighted by atomic mass is 10.3. The summed E-state index contributed by atoms with van der Waals surface area (Å²) in [5.74, 6) is 2.33. The second kappa shape index (κ2) is 7.71. The third-order valence-electron chi connectivity index (χ3n) is 2.54. The summed E-state index contributed by atoms with van der Waals surface area (Å²) in [5.41, 5.74) is 8.14. The lowest BCUT2D eigenvalue weighted by Gasteiger charge is -2.08. The van der Waals surface area contributed by atoms with E-state index in [0.29, 0.717) is 19.6 Å². The van der Waals surface area contributed by atoms with Crippen molar-refractivity contribution in [2.45, 2.75) is 6.42 Å². The molecule has 20 heavy (non-hydrogen) atoms. The average molecular weight is 269 g/mol. The fraction of sp³-hybridized carbons (Fsp3) is 0.200. The Morgan fingerprint density at radius 3 is 2.25 bits per heavy atom. The molecule has 0 spiro atoms. The van der Waals surface area contributed by atoms with E-state index in [1.807, 2.05) is 54.6 Å². The van der Waals surface area contributed by atoms with Crippen molar-refractivity contribution in [2.75, 3.05) is 13.2 Å². The van der Waals surface area contributed by atoms with Gasteiger partial charge in [0.15, 0.2) is 0 Å². The Kier molecular flexibility index (Phi) is 5.31. The van der Waals surface area contributed by atoms with Crippen LogP contribution in [-0.4, -0.2) is 13.2 Å². The highest BCUT2D eigenvalue weighted by Crippen LogP contribution is 2.23. The second-order valence-corrected chi connectivity index (χ2v) is 4.04. The van der Waals surface area contributed by atoms with Gasteiger partial charge in [0.25, 0.3) is 0 Å². The topological polar surface area (TPSA) is 67.2 Å². The molecule has 5 heteroatoms. The number of azide groups is 1.